The van der Waals surface area contributed by atoms with E-state index in [4.69, 9.17) is 0 Å². The first-order valence-electron chi connectivity index (χ1n) is 3.68. The van der Waals surface area contributed by atoms with Crippen LogP contribution in [0.15, 0.2) is 27.5 Å². The van der Waals surface area contributed by atoms with Crippen LogP contribution in [0, 0.1) is 0 Å². The molecule has 0 unspecified atom stereocenters. The quantitative estimate of drug-likeness (QED) is 0.634. The Hall–Kier alpha value is -0.380. The fourth-order valence-electron chi connectivity index (χ4n) is 1.50. The molecular formula is C9H8IN. The Morgan fingerprint density at radius 1 is 1.18 bits per heavy atom. The molecule has 0 aromatic heterocycles. The molecule has 0 bridgehead atoms. The molecule has 0 amide bonds. The molecule has 0 heterocycles. The van der Waals surface area contributed by atoms with Crippen LogP contribution < -0.4 is 0 Å². The minimum Gasteiger partial charge on any atom is -0.219 e. The molecule has 0 N–H and O–H groups in total. The summed E-state index contributed by atoms with van der Waals surface area (Å²) in [5, 5.41) is 0. The molecular weight excluding hydrogens is 249 g/mol. The Bertz CT molecular complexity index is 304. The summed E-state index contributed by atoms with van der Waals surface area (Å²) in [7, 11) is 0. The van der Waals surface area contributed by atoms with Gasteiger partial charge in [0.2, 0.25) is 0 Å². The summed E-state index contributed by atoms with van der Waals surface area (Å²) in [6.45, 7) is 0. The maximum Gasteiger partial charge on any atom is 0.0834 e. The van der Waals surface area contributed by atoms with Crippen molar-refractivity contribution < 1.29 is 0 Å². The second-order valence-corrected chi connectivity index (χ2v) is 3.17. The van der Waals surface area contributed by atoms with E-state index in [9.17, 15) is 0 Å². The molecule has 0 aliphatic heterocycles. The summed E-state index contributed by atoms with van der Waals surface area (Å²) in [6.07, 6.45) is 2.28. The maximum absolute atomic E-state index is 4.22. The average Bonchev–Trinajstić information content (AvgIpc) is 2.47. The molecule has 2 rings (SSSR count). The molecule has 0 saturated carbocycles. The third kappa shape index (κ3) is 1.20. The van der Waals surface area contributed by atoms with Crippen molar-refractivity contribution in [2.45, 2.75) is 12.8 Å². The highest BCUT2D eigenvalue weighted by Gasteiger charge is 2.15. The van der Waals surface area contributed by atoms with Crippen molar-refractivity contribution in [1.29, 1.82) is 0 Å². The van der Waals surface area contributed by atoms with Gasteiger partial charge in [0, 0.05) is 0 Å². The molecule has 0 spiro atoms. The van der Waals surface area contributed by atoms with E-state index in [1.165, 1.54) is 16.8 Å². The number of nitrogens with zero attached hydrogens (tertiary/aromatic N) is 1. The first kappa shape index (κ1) is 7.28. The highest BCUT2D eigenvalue weighted by Crippen LogP contribution is 2.22. The van der Waals surface area contributed by atoms with Crippen molar-refractivity contribution >= 4 is 28.6 Å². The molecule has 1 aliphatic carbocycles. The van der Waals surface area contributed by atoms with E-state index in [-0.39, 0.29) is 0 Å². The number of aryl methyl sites for hydroxylation is 1. The maximum atomic E-state index is 4.22. The molecule has 1 nitrogen and oxygen atoms in total. The molecule has 1 aromatic carbocycles. The van der Waals surface area contributed by atoms with Crippen molar-refractivity contribution in [3.63, 3.8) is 0 Å². The number of benzene rings is 1. The molecule has 0 fully saturated rings. The van der Waals surface area contributed by atoms with Crippen LogP contribution in [0.1, 0.15) is 17.5 Å². The summed E-state index contributed by atoms with van der Waals surface area (Å²) in [4.78, 5) is 0. The Labute approximate surface area is 80.0 Å². The van der Waals surface area contributed by atoms with E-state index >= 15 is 0 Å². The van der Waals surface area contributed by atoms with Gasteiger partial charge in [0.05, 0.1) is 28.6 Å². The van der Waals surface area contributed by atoms with Gasteiger partial charge in [-0.05, 0) is 24.0 Å². The second-order valence-electron chi connectivity index (χ2n) is 2.69. The predicted octanol–water partition coefficient (Wildman–Crippen LogP) is 2.77. The van der Waals surface area contributed by atoms with Crippen molar-refractivity contribution in [3.8, 4) is 0 Å². The second kappa shape index (κ2) is 2.93. The number of fused-ring (bicyclic) bond motifs is 1. The number of hydrogen-bond acceptors (Lipinski definition) is 1. The van der Waals surface area contributed by atoms with Crippen molar-refractivity contribution in [2.75, 3.05) is 0 Å². The van der Waals surface area contributed by atoms with E-state index in [2.05, 4.69) is 50.3 Å². The van der Waals surface area contributed by atoms with Crippen LogP contribution in [0.2, 0.25) is 0 Å². The van der Waals surface area contributed by atoms with Gasteiger partial charge in [-0.25, -0.2) is 3.21 Å². The third-order valence-corrected chi connectivity index (χ3v) is 2.64. The third-order valence-electron chi connectivity index (χ3n) is 2.06. The Balaban J connectivity index is 2.55. The van der Waals surface area contributed by atoms with E-state index < -0.39 is 0 Å². The van der Waals surface area contributed by atoms with Gasteiger partial charge in [-0.2, -0.15) is 0 Å². The molecule has 0 atom stereocenters. The molecule has 1 aromatic rings. The van der Waals surface area contributed by atoms with E-state index in [1.807, 2.05) is 0 Å². The normalized spacial score (nSPS) is 18.8. The fourth-order valence-corrected chi connectivity index (χ4v) is 2.00. The van der Waals surface area contributed by atoms with Gasteiger partial charge in [-0.3, -0.25) is 0 Å². The first-order valence-corrected chi connectivity index (χ1v) is 4.64. The van der Waals surface area contributed by atoms with Crippen LogP contribution in [0.3, 0.4) is 0 Å². The topological polar surface area (TPSA) is 12.4 Å². The first-order chi connectivity index (χ1) is 5.42. The van der Waals surface area contributed by atoms with Gasteiger partial charge in [0.25, 0.3) is 0 Å². The number of hydrogen-bond donors (Lipinski definition) is 0. The van der Waals surface area contributed by atoms with Crippen molar-refractivity contribution in [1.82, 2.24) is 0 Å². The van der Waals surface area contributed by atoms with Gasteiger partial charge < -0.3 is 0 Å². The van der Waals surface area contributed by atoms with Gasteiger partial charge in [0.15, 0.2) is 0 Å². The smallest absolute Gasteiger partial charge is 0.0834 e. The van der Waals surface area contributed by atoms with Gasteiger partial charge in [0.1, 0.15) is 0 Å². The zero-order valence-corrected chi connectivity index (χ0v) is 8.21. The highest BCUT2D eigenvalue weighted by atomic mass is 127. The van der Waals surface area contributed by atoms with Crippen LogP contribution >= 0.6 is 22.9 Å². The van der Waals surface area contributed by atoms with E-state index in [1.54, 1.807) is 0 Å². The molecule has 11 heavy (non-hydrogen) atoms. The minimum atomic E-state index is 1.11. The zero-order valence-electron chi connectivity index (χ0n) is 6.05. The monoisotopic (exact) mass is 257 g/mol. The lowest BCUT2D eigenvalue weighted by atomic mass is 10.1. The van der Waals surface area contributed by atoms with Crippen LogP contribution in [0.4, 0.5) is 0 Å². The number of rotatable bonds is 0. The van der Waals surface area contributed by atoms with Crippen LogP contribution in [0.25, 0.3) is 0 Å². The SMILES string of the molecule is IN=C1CCc2ccccc21. The lowest BCUT2D eigenvalue weighted by molar-refractivity contribution is 1.10. The largest absolute Gasteiger partial charge is 0.219 e. The molecule has 56 valence electrons. The van der Waals surface area contributed by atoms with Crippen LogP contribution in [-0.4, -0.2) is 5.71 Å². The van der Waals surface area contributed by atoms with Crippen molar-refractivity contribution in [3.05, 3.63) is 35.4 Å². The highest BCUT2D eigenvalue weighted by molar-refractivity contribution is 14.1. The predicted molar refractivity (Wildman–Crippen MR) is 55.3 cm³/mol. The van der Waals surface area contributed by atoms with Gasteiger partial charge in [-0.1, -0.05) is 24.3 Å². The summed E-state index contributed by atoms with van der Waals surface area (Å²) in [5.41, 5.74) is 4.05. The lowest BCUT2D eigenvalue weighted by Gasteiger charge is -1.95. The molecule has 2 heteroatoms. The molecule has 1 aliphatic rings. The average molecular weight is 257 g/mol. The van der Waals surface area contributed by atoms with Crippen LogP contribution in [0.5, 0.6) is 0 Å². The summed E-state index contributed by atoms with van der Waals surface area (Å²) in [5.74, 6) is 0. The Kier molecular flexibility index (Phi) is 1.94. The molecule has 0 radical (unpaired) electrons. The number of halogens is 1. The summed E-state index contributed by atoms with van der Waals surface area (Å²) >= 11 is 2.07. The summed E-state index contributed by atoms with van der Waals surface area (Å²) < 4.78 is 4.22. The summed E-state index contributed by atoms with van der Waals surface area (Å²) in [6, 6.07) is 8.50. The van der Waals surface area contributed by atoms with Crippen molar-refractivity contribution in [2.24, 2.45) is 3.21 Å². The standard InChI is InChI=1S/C9H8IN/c10-11-9-6-5-7-3-1-2-4-8(7)9/h1-4H,5-6H2. The zero-order chi connectivity index (χ0) is 7.68. The Morgan fingerprint density at radius 2 is 2.00 bits per heavy atom. The fraction of sp³-hybridized carbons (Fsp3) is 0.222. The van der Waals surface area contributed by atoms with E-state index in [0.29, 0.717) is 0 Å². The van der Waals surface area contributed by atoms with Gasteiger partial charge in [-0.15, -0.1) is 0 Å². The lowest BCUT2D eigenvalue weighted by Crippen LogP contribution is -1.90. The Morgan fingerprint density at radius 3 is 2.82 bits per heavy atom. The van der Waals surface area contributed by atoms with E-state index in [0.717, 1.165) is 12.8 Å². The minimum absolute atomic E-state index is 1.11. The molecule has 0 saturated heterocycles. The van der Waals surface area contributed by atoms with Gasteiger partial charge >= 0.3 is 0 Å². The van der Waals surface area contributed by atoms with Crippen LogP contribution in [-0.2, 0) is 6.42 Å².